The van der Waals surface area contributed by atoms with Crippen LogP contribution < -0.4 is 0 Å². The molecular formula is C3H2P6. The molecule has 44 valence electrons. The van der Waals surface area contributed by atoms with Crippen LogP contribution in [0.15, 0.2) is 11.3 Å². The molecule has 6 heteroatoms. The largest absolute Gasteiger partial charge is 0.0573 e. The Labute approximate surface area is 62.2 Å². The molecule has 0 N–H and O–H groups in total. The normalized spacial score (nSPS) is 16.7. The van der Waals surface area contributed by atoms with Crippen molar-refractivity contribution in [3.63, 3.8) is 0 Å². The highest BCUT2D eigenvalue weighted by Crippen LogP contribution is 2.59. The van der Waals surface area contributed by atoms with Crippen molar-refractivity contribution in [2.75, 3.05) is 0 Å². The van der Waals surface area contributed by atoms with Crippen molar-refractivity contribution in [3.8, 4) is 0 Å². The Morgan fingerprint density at radius 3 is 3.00 bits per heavy atom. The van der Waals surface area contributed by atoms with Crippen LogP contribution in [0.2, 0.25) is 0 Å². The van der Waals surface area contributed by atoms with Gasteiger partial charge in [0.05, 0.1) is 0 Å². The van der Waals surface area contributed by atoms with Gasteiger partial charge in [-0.1, -0.05) is 8.19 Å². The fourth-order valence-corrected chi connectivity index (χ4v) is 22.9. The quantitative estimate of drug-likeness (QED) is 0.512. The van der Waals surface area contributed by atoms with Crippen molar-refractivity contribution in [2.24, 2.45) is 0 Å². The summed E-state index contributed by atoms with van der Waals surface area (Å²) in [6.45, 7) is 0.318. The van der Waals surface area contributed by atoms with Gasteiger partial charge in [-0.3, -0.25) is 0 Å². The summed E-state index contributed by atoms with van der Waals surface area (Å²) in [7, 11) is 7.97. The highest BCUT2D eigenvalue weighted by molar-refractivity contribution is 8.45. The molecular weight excluding hydrogens is 222 g/mol. The van der Waals surface area contributed by atoms with E-state index in [1.54, 1.807) is 35.7 Å². The number of hydrogen-bond acceptors (Lipinski definition) is 0. The molecule has 0 aliphatic carbocycles. The summed E-state index contributed by atoms with van der Waals surface area (Å²) < 4.78 is 0. The molecule has 0 amide bonds. The van der Waals surface area contributed by atoms with E-state index in [0.29, 0.717) is 6.69 Å². The highest BCUT2D eigenvalue weighted by Gasteiger charge is 1.89. The van der Waals surface area contributed by atoms with Crippen LogP contribution in [-0.2, 0) is 0 Å². The van der Waals surface area contributed by atoms with Gasteiger partial charge in [-0.25, -0.2) is 0 Å². The van der Waals surface area contributed by atoms with Crippen LogP contribution in [0.3, 0.4) is 0 Å². The Kier molecular flexibility index (Phi) is 2.52. The first-order chi connectivity index (χ1) is 4.47. The van der Waals surface area contributed by atoms with Gasteiger partial charge in [0.15, 0.2) is 0 Å². The average Bonchev–Trinajstić information content (AvgIpc) is 2.33. The van der Waals surface area contributed by atoms with Crippen LogP contribution >= 0.6 is 45.7 Å². The molecule has 0 radical (unpaired) electrons. The van der Waals surface area contributed by atoms with E-state index in [9.17, 15) is 0 Å². The molecule has 9 heavy (non-hydrogen) atoms. The van der Waals surface area contributed by atoms with Gasteiger partial charge < -0.3 is 0 Å². The Hall–Kier alpha value is 1.41. The van der Waals surface area contributed by atoms with Gasteiger partial charge in [-0.05, 0) is 48.9 Å². The number of hydrogen-bond donors (Lipinski definition) is 0. The van der Waals surface area contributed by atoms with E-state index >= 15 is 0 Å². The van der Waals surface area contributed by atoms with Crippen LogP contribution in [0.4, 0.5) is 0 Å². The molecule has 0 aromatic carbocycles. The summed E-state index contributed by atoms with van der Waals surface area (Å²) in [5.74, 6) is 2.41. The van der Waals surface area contributed by atoms with E-state index in [1.165, 1.54) is 8.19 Å². The van der Waals surface area contributed by atoms with Crippen LogP contribution in [0.25, 0.3) is 4.85 Å². The van der Waals surface area contributed by atoms with Crippen LogP contribution in [0.5, 0.6) is 0 Å². The maximum atomic E-state index is 2.41. The second-order valence-corrected chi connectivity index (χ2v) is 14.6. The van der Waals surface area contributed by atoms with Gasteiger partial charge in [-0.2, -0.15) is 0 Å². The van der Waals surface area contributed by atoms with Gasteiger partial charge in [-0.15, -0.1) is 0 Å². The van der Waals surface area contributed by atoms with Crippen molar-refractivity contribution in [3.05, 3.63) is 11.3 Å². The second-order valence-electron chi connectivity index (χ2n) is 1.43. The minimum absolute atomic E-state index is 0.318. The van der Waals surface area contributed by atoms with Crippen LogP contribution in [0, 0.1) is 0 Å². The fourth-order valence-electron chi connectivity index (χ4n) is 0.529. The lowest BCUT2D eigenvalue weighted by atomic mass is 11.1. The molecule has 0 bridgehead atoms. The highest BCUT2D eigenvalue weighted by atomic mass is 32.4. The Morgan fingerprint density at radius 1 is 1.22 bits per heavy atom. The summed E-state index contributed by atoms with van der Waals surface area (Å²) in [5.41, 5.74) is 2.36. The molecule has 0 aliphatic rings. The van der Waals surface area contributed by atoms with Gasteiger partial charge in [0.25, 0.3) is 0 Å². The molecule has 0 spiro atoms. The van der Waals surface area contributed by atoms with E-state index in [-0.39, 0.29) is 0 Å². The lowest BCUT2D eigenvalue weighted by molar-refractivity contribution is 2.67. The first-order valence-electron chi connectivity index (χ1n) is 2.31. The summed E-state index contributed by atoms with van der Waals surface area (Å²) in [6.07, 6.45) is 0. The summed E-state index contributed by atoms with van der Waals surface area (Å²) in [5, 5.41) is 0. The average molecular weight is 224 g/mol. The minimum Gasteiger partial charge on any atom is -0.0573 e. The monoisotopic (exact) mass is 224 g/mol. The minimum atomic E-state index is 0.318. The molecule has 1 unspecified atom stereocenters. The number of fused-ring (bicyclic) bond motifs is 1. The van der Waals surface area contributed by atoms with Crippen molar-refractivity contribution in [2.45, 2.75) is 0 Å². The molecule has 0 nitrogen and oxygen atoms in total. The summed E-state index contributed by atoms with van der Waals surface area (Å²) in [6, 6.07) is 0. The fraction of sp³-hybridized carbons (Fsp3) is 0. The molecule has 0 saturated carbocycles. The molecule has 0 aliphatic heterocycles. The molecule has 2 heterocycles. The Bertz CT molecular complexity index is 282. The molecule has 0 saturated heterocycles. The van der Waals surface area contributed by atoms with Crippen LogP contribution in [-0.4, -0.2) is 0 Å². The molecule has 2 aromatic heterocycles. The zero-order chi connectivity index (χ0) is 6.10. The van der Waals surface area contributed by atoms with Gasteiger partial charge in [0.1, 0.15) is 0 Å². The van der Waals surface area contributed by atoms with E-state index in [2.05, 4.69) is 11.3 Å². The van der Waals surface area contributed by atoms with Crippen LogP contribution in [0.1, 0.15) is 0 Å². The maximum Gasteiger partial charge on any atom is 0.0394 e. The van der Waals surface area contributed by atoms with E-state index in [1.807, 2.05) is 0 Å². The SMILES string of the molecule is c1ppp2ppcc2p1. The maximum absolute atomic E-state index is 2.41. The third-order valence-electron chi connectivity index (χ3n) is 0.892. The summed E-state index contributed by atoms with van der Waals surface area (Å²) in [4.78, 5) is 1.73. The van der Waals surface area contributed by atoms with E-state index in [0.717, 1.165) is 0 Å². The first-order valence-corrected chi connectivity index (χ1v) is 11.2. The third-order valence-corrected chi connectivity index (χ3v) is 19.4. The zero-order valence-corrected chi connectivity index (χ0v) is 9.70. The van der Waals surface area contributed by atoms with Gasteiger partial charge in [0, 0.05) is 4.85 Å². The van der Waals surface area contributed by atoms with E-state index < -0.39 is 0 Å². The van der Waals surface area contributed by atoms with Gasteiger partial charge in [0.2, 0.25) is 0 Å². The Balaban J connectivity index is 2.95. The van der Waals surface area contributed by atoms with Crippen molar-refractivity contribution < 1.29 is 0 Å². The predicted molar refractivity (Wildman–Crippen MR) is 54.7 cm³/mol. The topological polar surface area (TPSA) is 0 Å². The first kappa shape index (κ1) is 7.08. The smallest absolute Gasteiger partial charge is 0.0394 e. The lowest BCUT2D eigenvalue weighted by Crippen LogP contribution is -1.25. The zero-order valence-electron chi connectivity index (χ0n) is 4.34. The van der Waals surface area contributed by atoms with Gasteiger partial charge >= 0.3 is 0 Å². The molecule has 0 fully saturated rings. The Morgan fingerprint density at radius 2 is 2.11 bits per heavy atom. The predicted octanol–water partition coefficient (Wildman–Crippen LogP) is 6.02. The van der Waals surface area contributed by atoms with Crippen molar-refractivity contribution in [1.82, 2.24) is 0 Å². The second kappa shape index (κ2) is 3.21. The molecule has 1 atom stereocenters. The van der Waals surface area contributed by atoms with Crippen molar-refractivity contribution in [1.29, 1.82) is 0 Å². The van der Waals surface area contributed by atoms with E-state index in [4.69, 9.17) is 0 Å². The summed E-state index contributed by atoms with van der Waals surface area (Å²) >= 11 is 0. The lowest BCUT2D eigenvalue weighted by Gasteiger charge is -1.80. The number of rotatable bonds is 0. The molecule has 2 rings (SSSR count). The standard InChI is InChI=1S/C3H2P6/c1-3-4-2-6-8-9(3)7-5-1/h1-2H. The molecule has 2 aromatic rings. The third kappa shape index (κ3) is 1.52. The van der Waals surface area contributed by atoms with Crippen molar-refractivity contribution >= 4 is 50.6 Å².